The molecule has 128 valence electrons. The molecule has 2 saturated heterocycles. The molecule has 4 rings (SSSR count). The summed E-state index contributed by atoms with van der Waals surface area (Å²) in [7, 11) is 0. The average molecular weight is 325 g/mol. The van der Waals surface area contributed by atoms with Gasteiger partial charge in [-0.15, -0.1) is 0 Å². The SMILES string of the molecule is Cc1ccccc1-c1cn[nH]c1C1CCN(C[C@@H]2CCOC2)CC1. The molecule has 1 atom stereocenters. The Morgan fingerprint density at radius 1 is 1.17 bits per heavy atom. The molecule has 0 radical (unpaired) electrons. The van der Waals surface area contributed by atoms with Gasteiger partial charge >= 0.3 is 0 Å². The number of aromatic nitrogens is 2. The third-order valence-corrected chi connectivity index (χ3v) is 5.64. The maximum atomic E-state index is 5.51. The first-order valence-electron chi connectivity index (χ1n) is 9.20. The first-order valence-corrected chi connectivity index (χ1v) is 9.20. The van der Waals surface area contributed by atoms with Gasteiger partial charge in [-0.3, -0.25) is 5.10 Å². The van der Waals surface area contributed by atoms with Gasteiger partial charge in [-0.2, -0.15) is 5.10 Å². The van der Waals surface area contributed by atoms with Crippen molar-refractivity contribution in [1.29, 1.82) is 0 Å². The molecule has 1 N–H and O–H groups in total. The second-order valence-electron chi connectivity index (χ2n) is 7.32. The van der Waals surface area contributed by atoms with E-state index in [4.69, 9.17) is 4.74 Å². The van der Waals surface area contributed by atoms with Crippen LogP contribution in [0.1, 0.15) is 36.4 Å². The summed E-state index contributed by atoms with van der Waals surface area (Å²) in [6.07, 6.45) is 5.67. The van der Waals surface area contributed by atoms with Gasteiger partial charge in [-0.1, -0.05) is 24.3 Å². The van der Waals surface area contributed by atoms with E-state index in [1.165, 1.54) is 61.3 Å². The Morgan fingerprint density at radius 2 is 2.00 bits per heavy atom. The van der Waals surface area contributed by atoms with Crippen LogP contribution in [0.4, 0.5) is 0 Å². The maximum absolute atomic E-state index is 5.51. The summed E-state index contributed by atoms with van der Waals surface area (Å²) >= 11 is 0. The Morgan fingerprint density at radius 3 is 2.75 bits per heavy atom. The quantitative estimate of drug-likeness (QED) is 0.934. The van der Waals surface area contributed by atoms with Gasteiger partial charge in [-0.25, -0.2) is 0 Å². The van der Waals surface area contributed by atoms with Gasteiger partial charge in [-0.05, 0) is 56.3 Å². The van der Waals surface area contributed by atoms with Crippen LogP contribution < -0.4 is 0 Å². The number of ether oxygens (including phenoxy) is 1. The summed E-state index contributed by atoms with van der Waals surface area (Å²) in [4.78, 5) is 2.62. The molecule has 0 saturated carbocycles. The van der Waals surface area contributed by atoms with Crippen LogP contribution in [0.3, 0.4) is 0 Å². The fourth-order valence-corrected chi connectivity index (χ4v) is 4.19. The van der Waals surface area contributed by atoms with E-state index in [0.29, 0.717) is 5.92 Å². The molecule has 1 aromatic heterocycles. The van der Waals surface area contributed by atoms with Crippen molar-refractivity contribution in [3.05, 3.63) is 41.7 Å². The normalized spacial score (nSPS) is 23.0. The predicted octanol–water partition coefficient (Wildman–Crippen LogP) is 3.60. The molecule has 24 heavy (non-hydrogen) atoms. The van der Waals surface area contributed by atoms with Crippen LogP contribution in [-0.2, 0) is 4.74 Å². The van der Waals surface area contributed by atoms with Crippen LogP contribution in [0.2, 0.25) is 0 Å². The van der Waals surface area contributed by atoms with Crippen LogP contribution in [0.15, 0.2) is 30.5 Å². The van der Waals surface area contributed by atoms with Crippen molar-refractivity contribution in [3.63, 3.8) is 0 Å². The molecule has 2 aliphatic heterocycles. The molecule has 3 heterocycles. The second-order valence-corrected chi connectivity index (χ2v) is 7.32. The lowest BCUT2D eigenvalue weighted by Gasteiger charge is -2.33. The summed E-state index contributed by atoms with van der Waals surface area (Å²) in [6.45, 7) is 7.67. The highest BCUT2D eigenvalue weighted by Crippen LogP contribution is 2.35. The minimum Gasteiger partial charge on any atom is -0.381 e. The van der Waals surface area contributed by atoms with Crippen molar-refractivity contribution < 1.29 is 4.74 Å². The molecular formula is C20H27N3O. The number of hydrogen-bond donors (Lipinski definition) is 1. The molecule has 0 bridgehead atoms. The Labute approximate surface area is 144 Å². The van der Waals surface area contributed by atoms with Crippen LogP contribution in [0.25, 0.3) is 11.1 Å². The first-order chi connectivity index (χ1) is 11.8. The van der Waals surface area contributed by atoms with Gasteiger partial charge in [0.2, 0.25) is 0 Å². The molecule has 0 amide bonds. The number of hydrogen-bond acceptors (Lipinski definition) is 3. The fourth-order valence-electron chi connectivity index (χ4n) is 4.19. The third-order valence-electron chi connectivity index (χ3n) is 5.64. The van der Waals surface area contributed by atoms with Crippen molar-refractivity contribution >= 4 is 0 Å². The number of aryl methyl sites for hydroxylation is 1. The maximum Gasteiger partial charge on any atom is 0.0568 e. The molecule has 0 aliphatic carbocycles. The average Bonchev–Trinajstić information content (AvgIpc) is 3.28. The number of nitrogens with one attached hydrogen (secondary N) is 1. The van der Waals surface area contributed by atoms with Crippen molar-refractivity contribution in [3.8, 4) is 11.1 Å². The fraction of sp³-hybridized carbons (Fsp3) is 0.550. The van der Waals surface area contributed by atoms with E-state index < -0.39 is 0 Å². The first kappa shape index (κ1) is 15.9. The molecule has 2 aliphatic rings. The van der Waals surface area contributed by atoms with E-state index in [-0.39, 0.29) is 0 Å². The van der Waals surface area contributed by atoms with Gasteiger partial charge in [0.15, 0.2) is 0 Å². The van der Waals surface area contributed by atoms with Gasteiger partial charge in [0.1, 0.15) is 0 Å². The molecule has 0 spiro atoms. The minimum atomic E-state index is 0.596. The lowest BCUT2D eigenvalue weighted by Crippen LogP contribution is -2.36. The zero-order chi connectivity index (χ0) is 16.4. The molecular weight excluding hydrogens is 298 g/mol. The van der Waals surface area contributed by atoms with Crippen molar-refractivity contribution in [1.82, 2.24) is 15.1 Å². The van der Waals surface area contributed by atoms with E-state index in [1.807, 2.05) is 6.20 Å². The van der Waals surface area contributed by atoms with Crippen molar-refractivity contribution in [2.24, 2.45) is 5.92 Å². The van der Waals surface area contributed by atoms with E-state index in [0.717, 1.165) is 19.1 Å². The highest BCUT2D eigenvalue weighted by molar-refractivity contribution is 5.69. The zero-order valence-corrected chi connectivity index (χ0v) is 14.5. The summed E-state index contributed by atoms with van der Waals surface area (Å²) in [6, 6.07) is 8.60. The monoisotopic (exact) mass is 325 g/mol. The van der Waals surface area contributed by atoms with E-state index >= 15 is 0 Å². The highest BCUT2D eigenvalue weighted by atomic mass is 16.5. The van der Waals surface area contributed by atoms with Gasteiger partial charge < -0.3 is 9.64 Å². The van der Waals surface area contributed by atoms with Gasteiger partial charge in [0.05, 0.1) is 12.8 Å². The summed E-state index contributed by atoms with van der Waals surface area (Å²) in [5.41, 5.74) is 5.24. The predicted molar refractivity (Wildman–Crippen MR) is 96.1 cm³/mol. The molecule has 2 aromatic rings. The van der Waals surface area contributed by atoms with E-state index in [1.54, 1.807) is 0 Å². The topological polar surface area (TPSA) is 41.2 Å². The zero-order valence-electron chi connectivity index (χ0n) is 14.5. The lowest BCUT2D eigenvalue weighted by molar-refractivity contribution is 0.151. The number of piperidine rings is 1. The van der Waals surface area contributed by atoms with Gasteiger partial charge in [0, 0.05) is 30.3 Å². The van der Waals surface area contributed by atoms with E-state index in [2.05, 4.69) is 46.3 Å². The van der Waals surface area contributed by atoms with Gasteiger partial charge in [0.25, 0.3) is 0 Å². The lowest BCUT2D eigenvalue weighted by atomic mass is 9.88. The number of benzene rings is 1. The Kier molecular flexibility index (Phi) is 4.67. The van der Waals surface area contributed by atoms with Crippen LogP contribution in [-0.4, -0.2) is 47.9 Å². The Balaban J connectivity index is 1.43. The largest absolute Gasteiger partial charge is 0.381 e. The van der Waals surface area contributed by atoms with E-state index in [9.17, 15) is 0 Å². The summed E-state index contributed by atoms with van der Waals surface area (Å²) in [5, 5.41) is 7.66. The van der Waals surface area contributed by atoms with Crippen LogP contribution in [0.5, 0.6) is 0 Å². The van der Waals surface area contributed by atoms with Crippen LogP contribution >= 0.6 is 0 Å². The Hall–Kier alpha value is -1.65. The number of nitrogens with zero attached hydrogens (tertiary/aromatic N) is 2. The molecule has 1 aromatic carbocycles. The second kappa shape index (κ2) is 7.08. The van der Waals surface area contributed by atoms with Crippen molar-refractivity contribution in [2.45, 2.75) is 32.1 Å². The molecule has 4 nitrogen and oxygen atoms in total. The molecule has 0 unspecified atom stereocenters. The number of rotatable bonds is 4. The minimum absolute atomic E-state index is 0.596. The molecule has 2 fully saturated rings. The number of likely N-dealkylation sites (tertiary alicyclic amines) is 1. The standard InChI is InChI=1S/C20H27N3O/c1-15-4-2-3-5-18(15)19-12-21-22-20(19)17-6-9-23(10-7-17)13-16-8-11-24-14-16/h2-5,12,16-17H,6-11,13-14H2,1H3,(H,21,22)/t16-/m0/s1. The highest BCUT2D eigenvalue weighted by Gasteiger charge is 2.27. The Bertz CT molecular complexity index is 667. The smallest absolute Gasteiger partial charge is 0.0568 e. The summed E-state index contributed by atoms with van der Waals surface area (Å²) in [5.74, 6) is 1.34. The van der Waals surface area contributed by atoms with Crippen molar-refractivity contribution in [2.75, 3.05) is 32.8 Å². The number of aromatic amines is 1. The third kappa shape index (κ3) is 3.26. The number of H-pyrrole nitrogens is 1. The molecule has 4 heteroatoms. The summed E-state index contributed by atoms with van der Waals surface area (Å²) < 4.78 is 5.51. The van der Waals surface area contributed by atoms with Crippen LogP contribution in [0, 0.1) is 12.8 Å².